The second-order valence-corrected chi connectivity index (χ2v) is 9.38. The first-order chi connectivity index (χ1) is 14.8. The molecular formula is C24H23N3O2S2. The molecule has 0 fully saturated rings. The fourth-order valence-electron chi connectivity index (χ4n) is 3.28. The first kappa shape index (κ1) is 21.3. The van der Waals surface area contributed by atoms with Gasteiger partial charge in [0.1, 0.15) is 4.70 Å². The van der Waals surface area contributed by atoms with Crippen LogP contribution in [0.25, 0.3) is 15.9 Å². The van der Waals surface area contributed by atoms with E-state index in [9.17, 15) is 9.59 Å². The van der Waals surface area contributed by atoms with Gasteiger partial charge in [0.15, 0.2) is 5.16 Å². The monoisotopic (exact) mass is 449 g/mol. The maximum atomic E-state index is 13.3. The van der Waals surface area contributed by atoms with Crippen LogP contribution in [0.2, 0.25) is 0 Å². The number of hydrogen-bond acceptors (Lipinski definition) is 5. The number of thiophene rings is 1. The van der Waals surface area contributed by atoms with Crippen LogP contribution in [0.1, 0.15) is 16.7 Å². The molecule has 0 aliphatic rings. The largest absolute Gasteiger partial charge is 0.315 e. The van der Waals surface area contributed by atoms with Crippen LogP contribution in [-0.4, -0.2) is 28.3 Å². The van der Waals surface area contributed by atoms with Crippen molar-refractivity contribution in [3.63, 3.8) is 0 Å². The lowest BCUT2D eigenvalue weighted by atomic mass is 10.1. The van der Waals surface area contributed by atoms with Crippen molar-refractivity contribution in [2.24, 2.45) is 0 Å². The fourth-order valence-corrected chi connectivity index (χ4v) is 4.97. The van der Waals surface area contributed by atoms with E-state index < -0.39 is 0 Å². The third kappa shape index (κ3) is 4.29. The fraction of sp³-hybridized carbons (Fsp3) is 0.208. The number of fused-ring (bicyclic) bond motifs is 1. The van der Waals surface area contributed by atoms with Crippen LogP contribution >= 0.6 is 23.1 Å². The molecule has 31 heavy (non-hydrogen) atoms. The van der Waals surface area contributed by atoms with Gasteiger partial charge in [-0.05, 0) is 73.2 Å². The molecule has 4 rings (SSSR count). The molecule has 0 spiro atoms. The Morgan fingerprint density at radius 1 is 1.10 bits per heavy atom. The summed E-state index contributed by atoms with van der Waals surface area (Å²) in [5.74, 6) is 0.124. The standard InChI is InChI=1S/C24H23N3O2S2/c1-15-6-5-7-18(12-15)26(4)21(28)14-31-24-25-20-10-11-30-22(20)23(29)27(24)19-9-8-16(2)17(3)13-19/h5-13H,14H2,1-4H3. The number of rotatable bonds is 5. The van der Waals surface area contributed by atoms with Gasteiger partial charge in [0.25, 0.3) is 5.56 Å². The smallest absolute Gasteiger partial charge is 0.276 e. The van der Waals surface area contributed by atoms with Crippen molar-refractivity contribution >= 4 is 44.9 Å². The Balaban J connectivity index is 1.69. The Bertz CT molecular complexity index is 1340. The number of benzene rings is 2. The molecule has 0 bridgehead atoms. The van der Waals surface area contributed by atoms with Gasteiger partial charge in [-0.15, -0.1) is 11.3 Å². The second-order valence-electron chi connectivity index (χ2n) is 7.52. The number of aromatic nitrogens is 2. The van der Waals surface area contributed by atoms with Crippen LogP contribution in [0, 0.1) is 20.8 Å². The lowest BCUT2D eigenvalue weighted by Crippen LogP contribution is -2.28. The topological polar surface area (TPSA) is 55.2 Å². The summed E-state index contributed by atoms with van der Waals surface area (Å²) in [7, 11) is 1.77. The second kappa shape index (κ2) is 8.69. The van der Waals surface area contributed by atoms with Crippen molar-refractivity contribution in [1.82, 2.24) is 9.55 Å². The number of carbonyl (C=O) groups is 1. The van der Waals surface area contributed by atoms with Crippen molar-refractivity contribution in [2.75, 3.05) is 17.7 Å². The summed E-state index contributed by atoms with van der Waals surface area (Å²) in [6.45, 7) is 6.06. The summed E-state index contributed by atoms with van der Waals surface area (Å²) in [6, 6.07) is 15.6. The third-order valence-electron chi connectivity index (χ3n) is 5.29. The molecule has 0 N–H and O–H groups in total. The van der Waals surface area contributed by atoms with Gasteiger partial charge in [0.2, 0.25) is 5.91 Å². The van der Waals surface area contributed by atoms with Crippen LogP contribution in [0.15, 0.2) is 63.9 Å². The minimum Gasteiger partial charge on any atom is -0.315 e. The van der Waals surface area contributed by atoms with E-state index >= 15 is 0 Å². The predicted molar refractivity (Wildman–Crippen MR) is 130 cm³/mol. The van der Waals surface area contributed by atoms with Gasteiger partial charge >= 0.3 is 0 Å². The molecule has 2 aromatic heterocycles. The average Bonchev–Trinajstić information content (AvgIpc) is 3.22. The van der Waals surface area contributed by atoms with Crippen LogP contribution in [0.3, 0.4) is 0 Å². The number of nitrogens with zero attached hydrogens (tertiary/aromatic N) is 3. The lowest BCUT2D eigenvalue weighted by molar-refractivity contribution is -0.115. The van der Waals surface area contributed by atoms with Crippen molar-refractivity contribution in [3.8, 4) is 5.69 Å². The lowest BCUT2D eigenvalue weighted by Gasteiger charge is -2.18. The minimum absolute atomic E-state index is 0.0538. The summed E-state index contributed by atoms with van der Waals surface area (Å²) in [6.07, 6.45) is 0. The number of amides is 1. The van der Waals surface area contributed by atoms with Crippen LogP contribution in [0.4, 0.5) is 5.69 Å². The van der Waals surface area contributed by atoms with Gasteiger partial charge in [-0.25, -0.2) is 4.98 Å². The van der Waals surface area contributed by atoms with E-state index in [0.717, 1.165) is 28.1 Å². The number of thioether (sulfide) groups is 1. The normalized spacial score (nSPS) is 11.1. The average molecular weight is 450 g/mol. The van der Waals surface area contributed by atoms with E-state index in [1.165, 1.54) is 23.1 Å². The quantitative estimate of drug-likeness (QED) is 0.313. The molecule has 0 aliphatic heterocycles. The van der Waals surface area contributed by atoms with Gasteiger partial charge < -0.3 is 4.90 Å². The molecule has 7 heteroatoms. The molecule has 0 atom stereocenters. The number of anilines is 1. The Hall–Kier alpha value is -2.90. The predicted octanol–water partition coefficient (Wildman–Crippen LogP) is 5.13. The van der Waals surface area contributed by atoms with Crippen molar-refractivity contribution in [3.05, 3.63) is 81.0 Å². The van der Waals surface area contributed by atoms with Crippen molar-refractivity contribution < 1.29 is 4.79 Å². The maximum Gasteiger partial charge on any atom is 0.276 e. The molecule has 2 heterocycles. The summed E-state index contributed by atoms with van der Waals surface area (Å²) >= 11 is 2.67. The van der Waals surface area contributed by atoms with Gasteiger partial charge in [0.05, 0.1) is 17.0 Å². The Morgan fingerprint density at radius 2 is 1.90 bits per heavy atom. The Labute approximate surface area is 189 Å². The molecule has 0 saturated heterocycles. The first-order valence-electron chi connectivity index (χ1n) is 9.89. The van der Waals surface area contributed by atoms with Gasteiger partial charge in [0, 0.05) is 12.7 Å². The molecule has 0 unspecified atom stereocenters. The molecular weight excluding hydrogens is 426 g/mol. The van der Waals surface area contributed by atoms with Crippen LogP contribution < -0.4 is 10.5 Å². The molecule has 4 aromatic rings. The molecule has 5 nitrogen and oxygen atoms in total. The highest BCUT2D eigenvalue weighted by Gasteiger charge is 2.18. The van der Waals surface area contributed by atoms with Gasteiger partial charge in [-0.1, -0.05) is 30.0 Å². The minimum atomic E-state index is -0.106. The van der Waals surface area contributed by atoms with Crippen molar-refractivity contribution in [2.45, 2.75) is 25.9 Å². The zero-order valence-electron chi connectivity index (χ0n) is 17.9. The highest BCUT2D eigenvalue weighted by Crippen LogP contribution is 2.25. The Morgan fingerprint density at radius 3 is 2.65 bits per heavy atom. The zero-order chi connectivity index (χ0) is 22.1. The van der Waals surface area contributed by atoms with Crippen LogP contribution in [0.5, 0.6) is 0 Å². The summed E-state index contributed by atoms with van der Waals surface area (Å²) in [5.41, 5.74) is 5.52. The van der Waals surface area contributed by atoms with Crippen LogP contribution in [-0.2, 0) is 4.79 Å². The van der Waals surface area contributed by atoms with E-state index in [1.807, 2.05) is 74.7 Å². The van der Waals surface area contributed by atoms with E-state index in [2.05, 4.69) is 0 Å². The Kier molecular flexibility index (Phi) is 5.98. The third-order valence-corrected chi connectivity index (χ3v) is 7.10. The van der Waals surface area contributed by atoms with E-state index in [4.69, 9.17) is 4.98 Å². The summed E-state index contributed by atoms with van der Waals surface area (Å²) in [5, 5.41) is 2.39. The number of aryl methyl sites for hydroxylation is 3. The molecule has 0 saturated carbocycles. The highest BCUT2D eigenvalue weighted by atomic mass is 32.2. The van der Waals surface area contributed by atoms with E-state index in [1.54, 1.807) is 16.5 Å². The molecule has 158 valence electrons. The first-order valence-corrected chi connectivity index (χ1v) is 11.8. The number of hydrogen-bond donors (Lipinski definition) is 0. The zero-order valence-corrected chi connectivity index (χ0v) is 19.5. The maximum absolute atomic E-state index is 13.3. The van der Waals surface area contributed by atoms with Crippen molar-refractivity contribution in [1.29, 1.82) is 0 Å². The summed E-state index contributed by atoms with van der Waals surface area (Å²) in [4.78, 5) is 32.5. The summed E-state index contributed by atoms with van der Waals surface area (Å²) < 4.78 is 2.24. The molecule has 0 radical (unpaired) electrons. The van der Waals surface area contributed by atoms with E-state index in [0.29, 0.717) is 15.4 Å². The molecule has 0 aliphatic carbocycles. The molecule has 2 aromatic carbocycles. The SMILES string of the molecule is Cc1cccc(N(C)C(=O)CSc2nc3ccsc3c(=O)n2-c2ccc(C)c(C)c2)c1. The number of carbonyl (C=O) groups excluding carboxylic acids is 1. The van der Waals surface area contributed by atoms with Gasteiger partial charge in [-0.2, -0.15) is 0 Å². The highest BCUT2D eigenvalue weighted by molar-refractivity contribution is 7.99. The van der Waals surface area contributed by atoms with Gasteiger partial charge in [-0.3, -0.25) is 14.2 Å². The molecule has 1 amide bonds. The van der Waals surface area contributed by atoms with E-state index in [-0.39, 0.29) is 17.2 Å².